The Morgan fingerprint density at radius 1 is 1.21 bits per heavy atom. The van der Waals surface area contributed by atoms with Gasteiger partial charge in [-0.25, -0.2) is 0 Å². The van der Waals surface area contributed by atoms with Crippen LogP contribution >= 0.6 is 12.1 Å². The second kappa shape index (κ2) is 6.70. The van der Waals surface area contributed by atoms with Gasteiger partial charge in [-0.15, -0.1) is 0 Å². The highest BCUT2D eigenvalue weighted by Gasteiger charge is 2.21. The minimum Gasteiger partial charge on any atom is -0.264 e. The first-order valence-corrected chi connectivity index (χ1v) is 6.69. The van der Waals surface area contributed by atoms with Gasteiger partial charge in [0, 0.05) is 18.7 Å². The van der Waals surface area contributed by atoms with Crippen molar-refractivity contribution in [2.45, 2.75) is 46.0 Å². The zero-order chi connectivity index (χ0) is 10.4. The molecule has 3 heteroatoms. The molecule has 0 aromatic heterocycles. The number of hydrogen-bond donors (Lipinski definition) is 2. The molecule has 14 heavy (non-hydrogen) atoms. The highest BCUT2D eigenvalue weighted by Crippen LogP contribution is 2.32. The van der Waals surface area contributed by atoms with Crippen molar-refractivity contribution >= 4 is 12.1 Å². The van der Waals surface area contributed by atoms with Gasteiger partial charge in [0.05, 0.1) is 0 Å². The minimum absolute atomic E-state index is 0.870. The highest BCUT2D eigenvalue weighted by molar-refractivity contribution is 7.95. The normalized spacial score (nSPS) is 28.3. The maximum Gasteiger partial charge on any atom is 0.00988 e. The zero-order valence-corrected chi connectivity index (χ0v) is 10.3. The smallest absolute Gasteiger partial charge is 0.00988 e. The molecule has 2 nitrogen and oxygen atoms in total. The van der Waals surface area contributed by atoms with Crippen LogP contribution in [0.15, 0.2) is 0 Å². The molecule has 0 saturated heterocycles. The summed E-state index contributed by atoms with van der Waals surface area (Å²) >= 11 is 1.26. The molecular formula is C11H24N2S. The van der Waals surface area contributed by atoms with Crippen LogP contribution in [-0.4, -0.2) is 6.54 Å². The molecule has 0 bridgehead atoms. The van der Waals surface area contributed by atoms with Crippen molar-refractivity contribution in [3.05, 3.63) is 0 Å². The van der Waals surface area contributed by atoms with Crippen molar-refractivity contribution in [1.29, 1.82) is 0 Å². The Labute approximate surface area is 92.7 Å². The van der Waals surface area contributed by atoms with E-state index in [2.05, 4.69) is 18.6 Å². The van der Waals surface area contributed by atoms with Gasteiger partial charge >= 0.3 is 0 Å². The zero-order valence-electron chi connectivity index (χ0n) is 9.46. The molecule has 0 atom stereocenters. The molecule has 0 aromatic carbocycles. The molecule has 0 amide bonds. The van der Waals surface area contributed by atoms with E-state index in [0.29, 0.717) is 0 Å². The first-order valence-electron chi connectivity index (χ1n) is 5.81. The molecule has 0 radical (unpaired) electrons. The van der Waals surface area contributed by atoms with Crippen LogP contribution in [0.2, 0.25) is 0 Å². The number of hydrogen-bond acceptors (Lipinski definition) is 3. The topological polar surface area (TPSA) is 38.0 Å². The van der Waals surface area contributed by atoms with Crippen molar-refractivity contribution in [1.82, 2.24) is 4.72 Å². The standard InChI is InChI=1S/C11H24N2S/c1-9(2)7-10-3-5-11(6-4-10)8-13-14-12/h9-11,13H,3-8,12H2,1-2H3. The maximum absolute atomic E-state index is 5.34. The van der Waals surface area contributed by atoms with Crippen molar-refractivity contribution in [3.63, 3.8) is 0 Å². The summed E-state index contributed by atoms with van der Waals surface area (Å²) in [7, 11) is 0. The van der Waals surface area contributed by atoms with Crippen LogP contribution in [0.3, 0.4) is 0 Å². The molecule has 0 aliphatic heterocycles. The van der Waals surface area contributed by atoms with Crippen LogP contribution in [0, 0.1) is 17.8 Å². The van der Waals surface area contributed by atoms with Gasteiger partial charge in [-0.05, 0) is 37.0 Å². The average molecular weight is 216 g/mol. The van der Waals surface area contributed by atoms with Gasteiger partial charge in [0.1, 0.15) is 0 Å². The lowest BCUT2D eigenvalue weighted by molar-refractivity contribution is 0.246. The third-order valence-corrected chi connectivity index (χ3v) is 3.56. The molecule has 0 unspecified atom stereocenters. The third-order valence-electron chi connectivity index (χ3n) is 3.23. The molecule has 1 aliphatic rings. The van der Waals surface area contributed by atoms with E-state index in [0.717, 1.165) is 24.3 Å². The molecule has 1 aliphatic carbocycles. The van der Waals surface area contributed by atoms with Crippen LogP contribution in [0.5, 0.6) is 0 Å². The van der Waals surface area contributed by atoms with Crippen molar-refractivity contribution in [2.24, 2.45) is 22.9 Å². The van der Waals surface area contributed by atoms with Gasteiger partial charge in [-0.2, -0.15) is 0 Å². The van der Waals surface area contributed by atoms with Crippen LogP contribution in [0.25, 0.3) is 0 Å². The summed E-state index contributed by atoms with van der Waals surface area (Å²) in [5.74, 6) is 2.74. The largest absolute Gasteiger partial charge is 0.264 e. The van der Waals surface area contributed by atoms with Crippen LogP contribution in [0.1, 0.15) is 46.0 Å². The Morgan fingerprint density at radius 2 is 1.79 bits per heavy atom. The fourth-order valence-corrected chi connectivity index (χ4v) is 2.84. The Balaban J connectivity index is 2.11. The number of nitrogens with two attached hydrogens (primary N) is 1. The van der Waals surface area contributed by atoms with Gasteiger partial charge in [0.25, 0.3) is 0 Å². The molecule has 3 N–H and O–H groups in total. The van der Waals surface area contributed by atoms with Gasteiger partial charge in [0.15, 0.2) is 0 Å². The summed E-state index contributed by atoms with van der Waals surface area (Å²) in [6, 6.07) is 0. The van der Waals surface area contributed by atoms with E-state index in [1.54, 1.807) is 0 Å². The van der Waals surface area contributed by atoms with Crippen molar-refractivity contribution in [3.8, 4) is 0 Å². The lowest BCUT2D eigenvalue weighted by Crippen LogP contribution is -2.24. The minimum atomic E-state index is 0.870. The molecule has 1 fully saturated rings. The molecule has 0 aromatic rings. The fraction of sp³-hybridized carbons (Fsp3) is 1.00. The van der Waals surface area contributed by atoms with Crippen LogP contribution < -0.4 is 9.86 Å². The lowest BCUT2D eigenvalue weighted by Gasteiger charge is -2.29. The first-order chi connectivity index (χ1) is 6.72. The van der Waals surface area contributed by atoms with Crippen molar-refractivity contribution in [2.75, 3.05) is 6.54 Å². The molecule has 1 rings (SSSR count). The fourth-order valence-electron chi connectivity index (χ4n) is 2.50. The van der Waals surface area contributed by atoms with Crippen molar-refractivity contribution < 1.29 is 0 Å². The molecule has 0 spiro atoms. The highest BCUT2D eigenvalue weighted by atomic mass is 32.2. The molecule has 1 saturated carbocycles. The number of rotatable bonds is 5. The maximum atomic E-state index is 5.34. The van der Waals surface area contributed by atoms with Crippen LogP contribution in [-0.2, 0) is 0 Å². The predicted octanol–water partition coefficient (Wildman–Crippen LogP) is 2.95. The summed E-state index contributed by atoms with van der Waals surface area (Å²) < 4.78 is 3.17. The Hall–Kier alpha value is 0.270. The first kappa shape index (κ1) is 12.3. The Morgan fingerprint density at radius 3 is 2.29 bits per heavy atom. The molecule has 84 valence electrons. The average Bonchev–Trinajstić information content (AvgIpc) is 2.16. The van der Waals surface area contributed by atoms with E-state index in [1.165, 1.54) is 44.2 Å². The van der Waals surface area contributed by atoms with Gasteiger partial charge in [-0.3, -0.25) is 9.86 Å². The second-order valence-corrected chi connectivity index (χ2v) is 5.51. The second-order valence-electron chi connectivity index (χ2n) is 4.98. The number of nitrogens with one attached hydrogen (secondary N) is 1. The SMILES string of the molecule is CC(C)CC1CCC(CNSN)CC1. The summed E-state index contributed by atoms with van der Waals surface area (Å²) in [4.78, 5) is 0. The molecular weight excluding hydrogens is 192 g/mol. The van der Waals surface area contributed by atoms with Gasteiger partial charge in [-0.1, -0.05) is 26.7 Å². The van der Waals surface area contributed by atoms with Gasteiger partial charge < -0.3 is 0 Å². The monoisotopic (exact) mass is 216 g/mol. The van der Waals surface area contributed by atoms with Crippen LogP contribution in [0.4, 0.5) is 0 Å². The van der Waals surface area contributed by atoms with Gasteiger partial charge in [0.2, 0.25) is 0 Å². The summed E-state index contributed by atoms with van der Waals surface area (Å²) in [5.41, 5.74) is 0. The Kier molecular flexibility index (Phi) is 5.90. The van der Waals surface area contributed by atoms with E-state index in [1.807, 2.05) is 0 Å². The Bertz CT molecular complexity index is 142. The lowest BCUT2D eigenvalue weighted by atomic mass is 9.78. The van der Waals surface area contributed by atoms with E-state index < -0.39 is 0 Å². The summed E-state index contributed by atoms with van der Waals surface area (Å²) in [5, 5.41) is 5.34. The van der Waals surface area contributed by atoms with E-state index in [-0.39, 0.29) is 0 Å². The predicted molar refractivity (Wildman–Crippen MR) is 64.7 cm³/mol. The quantitative estimate of drug-likeness (QED) is 0.694. The summed E-state index contributed by atoms with van der Waals surface area (Å²) in [6.45, 7) is 5.76. The van der Waals surface area contributed by atoms with E-state index in [4.69, 9.17) is 5.14 Å². The third kappa shape index (κ3) is 4.67. The molecule has 0 heterocycles. The van der Waals surface area contributed by atoms with E-state index >= 15 is 0 Å². The van der Waals surface area contributed by atoms with E-state index in [9.17, 15) is 0 Å². The summed E-state index contributed by atoms with van der Waals surface area (Å²) in [6.07, 6.45) is 7.07.